The molecule has 1 aromatic carbocycles. The van der Waals surface area contributed by atoms with Gasteiger partial charge >= 0.3 is 12.3 Å². The SMILES string of the molecule is CC(C)(C)OC(=O)N1CCCN(c2nc3ccccc3n2CCOCC(F)(F)F)CC1. The van der Waals surface area contributed by atoms with Gasteiger partial charge in [0.2, 0.25) is 5.95 Å². The molecule has 0 radical (unpaired) electrons. The van der Waals surface area contributed by atoms with Crippen LogP contribution in [0.4, 0.5) is 23.9 Å². The number of nitrogens with zero attached hydrogens (tertiary/aromatic N) is 4. The third-order valence-corrected chi connectivity index (χ3v) is 4.79. The Morgan fingerprint density at radius 1 is 1.10 bits per heavy atom. The van der Waals surface area contributed by atoms with Gasteiger partial charge in [0.15, 0.2) is 0 Å². The molecule has 1 aromatic heterocycles. The molecule has 1 aliphatic rings. The van der Waals surface area contributed by atoms with E-state index in [9.17, 15) is 18.0 Å². The first kappa shape index (κ1) is 23.2. The molecule has 0 unspecified atom stereocenters. The monoisotopic (exact) mass is 442 g/mol. The van der Waals surface area contributed by atoms with Crippen molar-refractivity contribution in [2.24, 2.45) is 0 Å². The zero-order chi connectivity index (χ0) is 22.6. The van der Waals surface area contributed by atoms with Crippen molar-refractivity contribution >= 4 is 23.1 Å². The molecule has 1 amide bonds. The molecule has 7 nitrogen and oxygen atoms in total. The van der Waals surface area contributed by atoms with Gasteiger partial charge in [0.25, 0.3) is 0 Å². The normalized spacial score (nSPS) is 15.9. The van der Waals surface area contributed by atoms with E-state index < -0.39 is 18.4 Å². The number of alkyl halides is 3. The first-order valence-corrected chi connectivity index (χ1v) is 10.4. The van der Waals surface area contributed by atoms with E-state index in [2.05, 4.69) is 4.90 Å². The van der Waals surface area contributed by atoms with Gasteiger partial charge in [0, 0.05) is 32.7 Å². The lowest BCUT2D eigenvalue weighted by atomic mass is 10.2. The average Bonchev–Trinajstić information content (AvgIpc) is 2.84. The summed E-state index contributed by atoms with van der Waals surface area (Å²) in [5.74, 6) is 0.669. The fourth-order valence-corrected chi connectivity index (χ4v) is 3.49. The summed E-state index contributed by atoms with van der Waals surface area (Å²) in [5, 5.41) is 0. The van der Waals surface area contributed by atoms with Crippen LogP contribution >= 0.6 is 0 Å². The number of carbonyl (C=O) groups is 1. The summed E-state index contributed by atoms with van der Waals surface area (Å²) in [4.78, 5) is 20.9. The van der Waals surface area contributed by atoms with Gasteiger partial charge in [-0.05, 0) is 39.3 Å². The van der Waals surface area contributed by atoms with E-state index in [1.54, 1.807) is 4.90 Å². The Morgan fingerprint density at radius 2 is 1.84 bits per heavy atom. The molecule has 0 bridgehead atoms. The van der Waals surface area contributed by atoms with Crippen molar-refractivity contribution in [3.05, 3.63) is 24.3 Å². The van der Waals surface area contributed by atoms with Crippen molar-refractivity contribution < 1.29 is 27.4 Å². The minimum atomic E-state index is -4.35. The Labute approximate surface area is 179 Å². The number of benzene rings is 1. The largest absolute Gasteiger partial charge is 0.444 e. The zero-order valence-electron chi connectivity index (χ0n) is 18.1. The molecule has 1 fully saturated rings. The number of aromatic nitrogens is 2. The number of rotatable bonds is 5. The maximum Gasteiger partial charge on any atom is 0.411 e. The number of amides is 1. The van der Waals surface area contributed by atoms with Crippen LogP contribution in [0.5, 0.6) is 0 Å². The fraction of sp³-hybridized carbons (Fsp3) is 0.619. The third kappa shape index (κ3) is 6.49. The molecule has 1 saturated heterocycles. The van der Waals surface area contributed by atoms with Crippen LogP contribution < -0.4 is 4.90 Å². The van der Waals surface area contributed by atoms with Gasteiger partial charge in [-0.15, -0.1) is 0 Å². The number of fused-ring (bicyclic) bond motifs is 1. The molecule has 2 aromatic rings. The molecular weight excluding hydrogens is 413 g/mol. The topological polar surface area (TPSA) is 59.8 Å². The Bertz CT molecular complexity index is 892. The van der Waals surface area contributed by atoms with Gasteiger partial charge in [0.1, 0.15) is 12.2 Å². The number of para-hydroxylation sites is 2. The van der Waals surface area contributed by atoms with E-state index >= 15 is 0 Å². The second-order valence-corrected chi connectivity index (χ2v) is 8.53. The summed E-state index contributed by atoms with van der Waals surface area (Å²) in [7, 11) is 0. The maximum atomic E-state index is 12.4. The number of ether oxygens (including phenoxy) is 2. The number of hydrogen-bond acceptors (Lipinski definition) is 5. The Morgan fingerprint density at radius 3 is 2.55 bits per heavy atom. The van der Waals surface area contributed by atoms with Crippen molar-refractivity contribution in [3.8, 4) is 0 Å². The number of halogens is 3. The van der Waals surface area contributed by atoms with Crippen LogP contribution in [0.3, 0.4) is 0 Å². The van der Waals surface area contributed by atoms with Crippen LogP contribution in [-0.2, 0) is 16.0 Å². The summed E-state index contributed by atoms with van der Waals surface area (Å²) in [6.07, 6.45) is -3.97. The van der Waals surface area contributed by atoms with E-state index in [1.165, 1.54) is 0 Å². The van der Waals surface area contributed by atoms with E-state index in [1.807, 2.05) is 49.6 Å². The molecule has 0 atom stereocenters. The summed E-state index contributed by atoms with van der Waals surface area (Å²) < 4.78 is 49.4. The zero-order valence-corrected chi connectivity index (χ0v) is 18.1. The highest BCUT2D eigenvalue weighted by atomic mass is 19.4. The highest BCUT2D eigenvalue weighted by Gasteiger charge is 2.28. The molecule has 3 rings (SSSR count). The standard InChI is InChI=1S/C21H29F3N4O3/c1-20(2,3)31-19(29)27-10-6-9-26(11-12-27)18-25-16-7-4-5-8-17(16)28(18)13-14-30-15-21(22,23)24/h4-5,7-8H,6,9-15H2,1-3H3. The molecule has 0 aliphatic carbocycles. The Kier molecular flexibility index (Phi) is 6.98. The number of anilines is 1. The molecular formula is C21H29F3N4O3. The second-order valence-electron chi connectivity index (χ2n) is 8.53. The summed E-state index contributed by atoms with van der Waals surface area (Å²) in [6, 6.07) is 7.50. The highest BCUT2D eigenvalue weighted by molar-refractivity contribution is 5.79. The van der Waals surface area contributed by atoms with Gasteiger partial charge < -0.3 is 23.8 Å². The summed E-state index contributed by atoms with van der Waals surface area (Å²) in [5.41, 5.74) is 1.04. The summed E-state index contributed by atoms with van der Waals surface area (Å²) in [6.45, 7) is 6.65. The second kappa shape index (κ2) is 9.33. The van der Waals surface area contributed by atoms with Gasteiger partial charge in [-0.25, -0.2) is 9.78 Å². The molecule has 2 heterocycles. The van der Waals surface area contributed by atoms with Gasteiger partial charge in [0.05, 0.1) is 17.6 Å². The molecule has 31 heavy (non-hydrogen) atoms. The average molecular weight is 442 g/mol. The van der Waals surface area contributed by atoms with E-state index in [0.29, 0.717) is 32.1 Å². The predicted molar refractivity (Wildman–Crippen MR) is 111 cm³/mol. The number of imidazole rings is 1. The van der Waals surface area contributed by atoms with Crippen molar-refractivity contribution in [3.63, 3.8) is 0 Å². The summed E-state index contributed by atoms with van der Waals surface area (Å²) >= 11 is 0. The smallest absolute Gasteiger partial charge is 0.411 e. The van der Waals surface area contributed by atoms with E-state index in [4.69, 9.17) is 14.5 Å². The van der Waals surface area contributed by atoms with Gasteiger partial charge in [-0.2, -0.15) is 13.2 Å². The lowest BCUT2D eigenvalue weighted by Gasteiger charge is -2.26. The van der Waals surface area contributed by atoms with Crippen molar-refractivity contribution in [2.45, 2.75) is 45.5 Å². The number of hydrogen-bond donors (Lipinski definition) is 0. The van der Waals surface area contributed by atoms with Crippen LogP contribution in [-0.4, -0.2) is 71.7 Å². The third-order valence-electron chi connectivity index (χ3n) is 4.79. The lowest BCUT2D eigenvalue weighted by Crippen LogP contribution is -2.39. The lowest BCUT2D eigenvalue weighted by molar-refractivity contribution is -0.174. The van der Waals surface area contributed by atoms with Crippen LogP contribution in [0.15, 0.2) is 24.3 Å². The van der Waals surface area contributed by atoms with Crippen molar-refractivity contribution in [2.75, 3.05) is 44.3 Å². The molecule has 0 N–H and O–H groups in total. The van der Waals surface area contributed by atoms with Crippen LogP contribution in [0.1, 0.15) is 27.2 Å². The Hall–Kier alpha value is -2.49. The first-order chi connectivity index (χ1) is 14.5. The molecule has 1 aliphatic heterocycles. The number of carbonyl (C=O) groups excluding carboxylic acids is 1. The van der Waals surface area contributed by atoms with E-state index in [0.717, 1.165) is 17.5 Å². The maximum absolute atomic E-state index is 12.4. The van der Waals surface area contributed by atoms with Crippen LogP contribution in [0.25, 0.3) is 11.0 Å². The van der Waals surface area contributed by atoms with Crippen molar-refractivity contribution in [1.82, 2.24) is 14.5 Å². The van der Waals surface area contributed by atoms with Crippen molar-refractivity contribution in [1.29, 1.82) is 0 Å². The molecule has 10 heteroatoms. The van der Waals surface area contributed by atoms with Gasteiger partial charge in [-0.1, -0.05) is 12.1 Å². The first-order valence-electron chi connectivity index (χ1n) is 10.4. The highest BCUT2D eigenvalue weighted by Crippen LogP contribution is 2.24. The van der Waals surface area contributed by atoms with E-state index in [-0.39, 0.29) is 19.2 Å². The molecule has 0 spiro atoms. The van der Waals surface area contributed by atoms with Crippen LogP contribution in [0, 0.1) is 0 Å². The minimum Gasteiger partial charge on any atom is -0.444 e. The Balaban J connectivity index is 1.73. The quantitative estimate of drug-likeness (QED) is 0.654. The van der Waals surface area contributed by atoms with Gasteiger partial charge in [-0.3, -0.25) is 0 Å². The molecule has 172 valence electrons. The fourth-order valence-electron chi connectivity index (χ4n) is 3.49. The minimum absolute atomic E-state index is 0.0786. The van der Waals surface area contributed by atoms with Crippen LogP contribution in [0.2, 0.25) is 0 Å². The predicted octanol–water partition coefficient (Wildman–Crippen LogP) is 4.06. The molecule has 0 saturated carbocycles.